The number of rotatable bonds is 9. The molecule has 1 fully saturated rings. The topological polar surface area (TPSA) is 94.5 Å². The fourth-order valence-electron chi connectivity index (χ4n) is 4.52. The van der Waals surface area contributed by atoms with E-state index in [1.165, 1.54) is 25.2 Å². The third-order valence-electron chi connectivity index (χ3n) is 6.15. The van der Waals surface area contributed by atoms with Gasteiger partial charge in [0.15, 0.2) is 11.5 Å². The minimum absolute atomic E-state index is 0.00434. The first-order chi connectivity index (χ1) is 18.8. The summed E-state index contributed by atoms with van der Waals surface area (Å²) in [5.74, 6) is -0.889. The van der Waals surface area contributed by atoms with Gasteiger partial charge in [0, 0.05) is 5.69 Å². The van der Waals surface area contributed by atoms with Crippen molar-refractivity contribution in [3.63, 3.8) is 0 Å². The Bertz CT molecular complexity index is 1440. The standard InChI is InChI=1S/C29H27Cl2NO7/c1-5-38-18-12-10-17(11-13-18)32-24(16-8-7-9-19(14-16)39-6-2)22(26(34)29(32)35)25(33)20-15-21(30)28(37-4)23(31)27(20)36-3/h7-15,24,33H,5-6H2,1-4H3/b25-22+. The lowest BCUT2D eigenvalue weighted by Crippen LogP contribution is -2.29. The normalized spacial score (nSPS) is 16.4. The van der Waals surface area contributed by atoms with E-state index >= 15 is 0 Å². The van der Waals surface area contributed by atoms with Gasteiger partial charge in [0.05, 0.1) is 49.6 Å². The number of methoxy groups -OCH3 is 2. The molecule has 1 aliphatic heterocycles. The van der Waals surface area contributed by atoms with E-state index in [1.807, 2.05) is 13.8 Å². The van der Waals surface area contributed by atoms with Crippen LogP contribution in [-0.2, 0) is 9.59 Å². The predicted molar refractivity (Wildman–Crippen MR) is 150 cm³/mol. The molecule has 1 amide bonds. The average Bonchev–Trinajstić information content (AvgIpc) is 3.19. The Morgan fingerprint density at radius 2 is 1.54 bits per heavy atom. The van der Waals surface area contributed by atoms with E-state index in [0.717, 1.165) is 0 Å². The van der Waals surface area contributed by atoms with Crippen LogP contribution in [0.4, 0.5) is 5.69 Å². The monoisotopic (exact) mass is 571 g/mol. The highest BCUT2D eigenvalue weighted by atomic mass is 35.5. The zero-order chi connectivity index (χ0) is 28.3. The van der Waals surface area contributed by atoms with Gasteiger partial charge in [-0.3, -0.25) is 14.5 Å². The molecular weight excluding hydrogens is 545 g/mol. The fraction of sp³-hybridized carbons (Fsp3) is 0.241. The van der Waals surface area contributed by atoms with Crippen LogP contribution in [-0.4, -0.2) is 44.2 Å². The van der Waals surface area contributed by atoms with Crippen LogP contribution in [0.1, 0.15) is 31.0 Å². The molecule has 8 nitrogen and oxygen atoms in total. The van der Waals surface area contributed by atoms with Gasteiger partial charge in [0.25, 0.3) is 11.7 Å². The molecule has 3 aromatic rings. The summed E-state index contributed by atoms with van der Waals surface area (Å²) in [5.41, 5.74) is 0.839. The minimum Gasteiger partial charge on any atom is -0.507 e. The lowest BCUT2D eigenvalue weighted by atomic mass is 9.94. The number of ether oxygens (including phenoxy) is 4. The Labute approximate surface area is 236 Å². The molecule has 1 heterocycles. The number of carbonyl (C=O) groups is 2. The highest BCUT2D eigenvalue weighted by molar-refractivity contribution is 6.52. The van der Waals surface area contributed by atoms with Gasteiger partial charge in [-0.2, -0.15) is 0 Å². The second-order valence-electron chi connectivity index (χ2n) is 8.39. The number of benzene rings is 3. The fourth-order valence-corrected chi connectivity index (χ4v) is 5.20. The Morgan fingerprint density at radius 1 is 0.897 bits per heavy atom. The third-order valence-corrected chi connectivity index (χ3v) is 6.77. The van der Waals surface area contributed by atoms with Crippen LogP contribution in [0, 0.1) is 0 Å². The zero-order valence-electron chi connectivity index (χ0n) is 21.8. The summed E-state index contributed by atoms with van der Waals surface area (Å²) in [5, 5.41) is 11.7. The molecule has 1 atom stereocenters. The van der Waals surface area contributed by atoms with Crippen molar-refractivity contribution in [2.75, 3.05) is 32.3 Å². The lowest BCUT2D eigenvalue weighted by Gasteiger charge is -2.26. The molecule has 0 saturated carbocycles. The summed E-state index contributed by atoms with van der Waals surface area (Å²) in [6, 6.07) is 14.1. The van der Waals surface area contributed by atoms with Crippen molar-refractivity contribution in [2.45, 2.75) is 19.9 Å². The molecular formula is C29H27Cl2NO7. The molecule has 0 radical (unpaired) electrons. The van der Waals surface area contributed by atoms with Gasteiger partial charge in [-0.25, -0.2) is 0 Å². The number of carbonyl (C=O) groups excluding carboxylic acids is 2. The zero-order valence-corrected chi connectivity index (χ0v) is 23.3. The van der Waals surface area contributed by atoms with Gasteiger partial charge in [0.1, 0.15) is 22.3 Å². The molecule has 0 aromatic heterocycles. The first-order valence-corrected chi connectivity index (χ1v) is 12.9. The van der Waals surface area contributed by atoms with Crippen LogP contribution in [0.2, 0.25) is 10.0 Å². The molecule has 3 aromatic carbocycles. The average molecular weight is 572 g/mol. The molecule has 0 bridgehead atoms. The number of ketones is 1. The molecule has 10 heteroatoms. The van der Waals surface area contributed by atoms with Crippen molar-refractivity contribution in [2.24, 2.45) is 0 Å². The number of Topliss-reactive ketones (excluding diaryl/α,β-unsaturated/α-hetero) is 1. The molecule has 0 spiro atoms. The van der Waals surface area contributed by atoms with Gasteiger partial charge < -0.3 is 24.1 Å². The van der Waals surface area contributed by atoms with Gasteiger partial charge in [0.2, 0.25) is 0 Å². The maximum absolute atomic E-state index is 13.6. The second-order valence-corrected chi connectivity index (χ2v) is 9.17. The molecule has 39 heavy (non-hydrogen) atoms. The van der Waals surface area contributed by atoms with Crippen LogP contribution in [0.15, 0.2) is 60.2 Å². The van der Waals surface area contributed by atoms with Gasteiger partial charge >= 0.3 is 0 Å². The van der Waals surface area contributed by atoms with Crippen LogP contribution < -0.4 is 23.8 Å². The SMILES string of the molecule is CCOc1ccc(N2C(=O)C(=O)/C(=C(/O)c3cc(Cl)c(OC)c(Cl)c3OC)C2c2cccc(OCC)c2)cc1. The molecule has 1 saturated heterocycles. The number of amides is 1. The van der Waals surface area contributed by atoms with Crippen molar-refractivity contribution >= 4 is 46.3 Å². The smallest absolute Gasteiger partial charge is 0.300 e. The quantitative estimate of drug-likeness (QED) is 0.179. The Hall–Kier alpha value is -3.88. The molecule has 204 valence electrons. The number of hydrogen-bond acceptors (Lipinski definition) is 7. The van der Waals surface area contributed by atoms with Gasteiger partial charge in [-0.15, -0.1) is 0 Å². The maximum atomic E-state index is 13.6. The van der Waals surface area contributed by atoms with Crippen molar-refractivity contribution < 1.29 is 33.6 Å². The van der Waals surface area contributed by atoms with Crippen molar-refractivity contribution in [1.82, 2.24) is 0 Å². The summed E-state index contributed by atoms with van der Waals surface area (Å²) in [7, 11) is 2.74. The van der Waals surface area contributed by atoms with Crippen LogP contribution >= 0.6 is 23.2 Å². The van der Waals surface area contributed by atoms with E-state index in [9.17, 15) is 14.7 Å². The highest BCUT2D eigenvalue weighted by Gasteiger charge is 2.47. The van der Waals surface area contributed by atoms with E-state index < -0.39 is 23.5 Å². The predicted octanol–water partition coefficient (Wildman–Crippen LogP) is 6.43. The van der Waals surface area contributed by atoms with Crippen LogP contribution in [0.5, 0.6) is 23.0 Å². The van der Waals surface area contributed by atoms with E-state index in [4.69, 9.17) is 42.1 Å². The van der Waals surface area contributed by atoms with E-state index in [2.05, 4.69) is 0 Å². The Morgan fingerprint density at radius 3 is 2.15 bits per heavy atom. The van der Waals surface area contributed by atoms with Crippen molar-refractivity contribution in [3.05, 3.63) is 81.3 Å². The summed E-state index contributed by atoms with van der Waals surface area (Å²) >= 11 is 12.8. The van der Waals surface area contributed by atoms with Crippen LogP contribution in [0.3, 0.4) is 0 Å². The summed E-state index contributed by atoms with van der Waals surface area (Å²) in [6.07, 6.45) is 0. The second kappa shape index (κ2) is 11.9. The minimum atomic E-state index is -1.01. The van der Waals surface area contributed by atoms with Crippen molar-refractivity contribution in [3.8, 4) is 23.0 Å². The molecule has 1 aliphatic rings. The van der Waals surface area contributed by atoms with Crippen molar-refractivity contribution in [1.29, 1.82) is 0 Å². The summed E-state index contributed by atoms with van der Waals surface area (Å²) in [6.45, 7) is 4.61. The lowest BCUT2D eigenvalue weighted by molar-refractivity contribution is -0.132. The maximum Gasteiger partial charge on any atom is 0.300 e. The van der Waals surface area contributed by atoms with E-state index in [1.54, 1.807) is 48.5 Å². The number of aliphatic hydroxyl groups excluding tert-OH is 1. The number of nitrogens with zero attached hydrogens (tertiary/aromatic N) is 1. The van der Waals surface area contributed by atoms with Gasteiger partial charge in [-0.05, 0) is 61.9 Å². The third kappa shape index (κ3) is 5.22. The molecule has 1 unspecified atom stereocenters. The largest absolute Gasteiger partial charge is 0.507 e. The number of anilines is 1. The number of aliphatic hydroxyl groups is 1. The first kappa shape index (κ1) is 28.1. The summed E-state index contributed by atoms with van der Waals surface area (Å²) < 4.78 is 21.9. The summed E-state index contributed by atoms with van der Waals surface area (Å²) in [4.78, 5) is 28.4. The Balaban J connectivity index is 1.98. The molecule has 1 N–H and O–H groups in total. The number of halogens is 2. The first-order valence-electron chi connectivity index (χ1n) is 12.1. The Kier molecular flexibility index (Phi) is 8.57. The van der Waals surface area contributed by atoms with E-state index in [0.29, 0.717) is 36.0 Å². The van der Waals surface area contributed by atoms with Crippen LogP contribution in [0.25, 0.3) is 5.76 Å². The molecule has 0 aliphatic carbocycles. The van der Waals surface area contributed by atoms with Gasteiger partial charge in [-0.1, -0.05) is 35.3 Å². The highest BCUT2D eigenvalue weighted by Crippen LogP contribution is 2.48. The number of hydrogen-bond donors (Lipinski definition) is 1. The molecule has 4 rings (SSSR count). The van der Waals surface area contributed by atoms with E-state index in [-0.39, 0.29) is 32.7 Å².